The van der Waals surface area contributed by atoms with Crippen LogP contribution in [-0.2, 0) is 40.0 Å². The van der Waals surface area contributed by atoms with Crippen LogP contribution < -0.4 is 5.32 Å². The van der Waals surface area contributed by atoms with Crippen LogP contribution in [0.2, 0.25) is 0 Å². The van der Waals surface area contributed by atoms with Gasteiger partial charge in [0.05, 0.1) is 12.7 Å². The smallest absolute Gasteiger partial charge is 0.308 e. The average molecular weight is 478 g/mol. The number of imidazole rings is 1. The number of ether oxygens (including phenoxy) is 3. The molecule has 10 nitrogen and oxygen atoms in total. The van der Waals surface area contributed by atoms with Gasteiger partial charge in [-0.25, -0.2) is 14.8 Å². The fraction of sp³-hybridized carbons (Fsp3) is 0.792. The predicted octanol–water partition coefficient (Wildman–Crippen LogP) is 2.60. The molecule has 0 unspecified atom stereocenters. The summed E-state index contributed by atoms with van der Waals surface area (Å²) in [6, 6.07) is 0. The molecule has 8 atom stereocenters. The Kier molecular flexibility index (Phi) is 6.43. The molecule has 1 aromatic rings. The molecular weight excluding hydrogens is 442 g/mol. The molecule has 2 N–H and O–H groups in total. The highest BCUT2D eigenvalue weighted by molar-refractivity contribution is 5.81. The second-order valence-electron chi connectivity index (χ2n) is 10.4. The second-order valence-corrected chi connectivity index (χ2v) is 10.4. The Morgan fingerprint density at radius 1 is 1.21 bits per heavy atom. The topological polar surface area (TPSA) is 121 Å². The molecule has 6 rings (SSSR count). The lowest BCUT2D eigenvalue weighted by atomic mass is 9.58. The first-order valence-electron chi connectivity index (χ1n) is 12.4. The molecule has 1 amide bonds. The molecule has 10 heteroatoms. The third-order valence-corrected chi connectivity index (χ3v) is 8.17. The highest BCUT2D eigenvalue weighted by Gasteiger charge is 2.69. The van der Waals surface area contributed by atoms with Crippen LogP contribution in [0.5, 0.6) is 0 Å². The minimum absolute atomic E-state index is 0.0131. The van der Waals surface area contributed by atoms with Gasteiger partial charge in [-0.15, -0.1) is 0 Å². The molecule has 1 saturated carbocycles. The summed E-state index contributed by atoms with van der Waals surface area (Å²) in [6.45, 7) is 6.63. The van der Waals surface area contributed by atoms with Crippen LogP contribution in [0.3, 0.4) is 0 Å². The third kappa shape index (κ3) is 4.25. The highest BCUT2D eigenvalue weighted by atomic mass is 17.3. The molecule has 0 aromatic carbocycles. The fourth-order valence-corrected chi connectivity index (χ4v) is 6.26. The quantitative estimate of drug-likeness (QED) is 0.454. The minimum atomic E-state index is -0.874. The molecule has 188 valence electrons. The van der Waals surface area contributed by atoms with Gasteiger partial charge in [-0.2, -0.15) is 0 Å². The Bertz CT molecular complexity index is 895. The number of carbonyl (C=O) groups excluding carboxylic acids is 2. The van der Waals surface area contributed by atoms with Crippen molar-refractivity contribution in [2.45, 2.75) is 89.7 Å². The maximum absolute atomic E-state index is 12.6. The summed E-state index contributed by atoms with van der Waals surface area (Å²) in [4.78, 5) is 43.6. The van der Waals surface area contributed by atoms with E-state index in [1.807, 2.05) is 13.8 Å². The summed E-state index contributed by atoms with van der Waals surface area (Å²) < 4.78 is 18.3. The van der Waals surface area contributed by atoms with Gasteiger partial charge in [0.2, 0.25) is 18.0 Å². The van der Waals surface area contributed by atoms with E-state index < -0.39 is 29.9 Å². The zero-order valence-electron chi connectivity index (χ0n) is 20.1. The van der Waals surface area contributed by atoms with Crippen molar-refractivity contribution in [3.63, 3.8) is 0 Å². The molecular formula is C24H35N3O7. The van der Waals surface area contributed by atoms with Gasteiger partial charge in [0.25, 0.3) is 0 Å². The molecule has 34 heavy (non-hydrogen) atoms. The van der Waals surface area contributed by atoms with E-state index in [4.69, 9.17) is 24.0 Å². The van der Waals surface area contributed by atoms with E-state index in [2.05, 4.69) is 22.2 Å². The fourth-order valence-electron chi connectivity index (χ4n) is 6.26. The maximum Gasteiger partial charge on any atom is 0.308 e. The zero-order chi connectivity index (χ0) is 23.9. The normalized spacial score (nSPS) is 40.8. The molecule has 1 aromatic heterocycles. The van der Waals surface area contributed by atoms with Crippen molar-refractivity contribution >= 4 is 11.9 Å². The number of hydrogen-bond acceptors (Lipinski definition) is 8. The van der Waals surface area contributed by atoms with Crippen LogP contribution in [0.15, 0.2) is 12.5 Å². The number of nitrogens with one attached hydrogen (secondary N) is 2. The summed E-state index contributed by atoms with van der Waals surface area (Å²) in [7, 11) is 0. The van der Waals surface area contributed by atoms with Crippen molar-refractivity contribution in [2.24, 2.45) is 23.7 Å². The van der Waals surface area contributed by atoms with Gasteiger partial charge < -0.3 is 24.5 Å². The summed E-state index contributed by atoms with van der Waals surface area (Å²) in [5.41, 5.74) is 0.253. The monoisotopic (exact) mass is 477 g/mol. The molecule has 1 spiro atoms. The van der Waals surface area contributed by atoms with Crippen molar-refractivity contribution in [1.29, 1.82) is 0 Å². The lowest BCUT2D eigenvalue weighted by Crippen LogP contribution is -2.70. The van der Waals surface area contributed by atoms with E-state index in [1.54, 1.807) is 12.5 Å². The Labute approximate surface area is 199 Å². The molecule has 4 aliphatic heterocycles. The first kappa shape index (κ1) is 23.7. The lowest BCUT2D eigenvalue weighted by molar-refractivity contribution is -0.576. The average Bonchev–Trinajstić information content (AvgIpc) is 3.22. The number of amides is 1. The van der Waals surface area contributed by atoms with E-state index >= 15 is 0 Å². The summed E-state index contributed by atoms with van der Waals surface area (Å²) >= 11 is 0. The van der Waals surface area contributed by atoms with Crippen molar-refractivity contribution in [3.05, 3.63) is 18.2 Å². The van der Waals surface area contributed by atoms with Crippen LogP contribution in [0.4, 0.5) is 0 Å². The van der Waals surface area contributed by atoms with Gasteiger partial charge in [-0.1, -0.05) is 13.8 Å². The number of hydrogen-bond donors (Lipinski definition) is 2. The summed E-state index contributed by atoms with van der Waals surface area (Å²) in [5, 5.41) is 2.81. The van der Waals surface area contributed by atoms with Gasteiger partial charge in [0.15, 0.2) is 11.9 Å². The first-order chi connectivity index (χ1) is 16.3. The number of aromatic nitrogens is 2. The van der Waals surface area contributed by atoms with Crippen molar-refractivity contribution in [3.8, 4) is 0 Å². The standard InChI is InChI=1S/C24H35N3O7/c1-14-4-5-18-15(2)21(31-22-24(18)17(14)8-10-23(3,32-22)33-34-24)30-20(29)7-6-19(28)26-11-9-16-12-25-13-27-16/h12-15,17-18,21-22H,4-11H2,1-3H3,(H,25,27)(H,26,28)/t14-,15-,17+,18-,21-,22-,23-,24-/m1/s1. The van der Waals surface area contributed by atoms with E-state index in [1.165, 1.54) is 0 Å². The summed E-state index contributed by atoms with van der Waals surface area (Å²) in [5.74, 6) is -0.814. The maximum atomic E-state index is 12.6. The lowest BCUT2D eigenvalue weighted by Gasteiger charge is -2.59. The SMILES string of the molecule is C[C@H]1[C@H](OC(=O)CCC(=O)NCCc2cnc[nH]2)O[C@@H]2O[C@@]3(C)CC[C@H]4[C@H](C)CC[C@H]1[C@@]24OO3. The first-order valence-corrected chi connectivity index (χ1v) is 12.4. The van der Waals surface area contributed by atoms with E-state index in [-0.39, 0.29) is 36.5 Å². The Hall–Kier alpha value is -2.01. The number of carbonyl (C=O) groups is 2. The van der Waals surface area contributed by atoms with Gasteiger partial charge in [0, 0.05) is 49.5 Å². The number of rotatable bonds is 7. The molecule has 5 fully saturated rings. The molecule has 5 aliphatic rings. The Morgan fingerprint density at radius 3 is 2.85 bits per heavy atom. The van der Waals surface area contributed by atoms with Crippen LogP contribution >= 0.6 is 0 Å². The predicted molar refractivity (Wildman–Crippen MR) is 117 cm³/mol. The highest BCUT2D eigenvalue weighted by Crippen LogP contribution is 2.60. The van der Waals surface area contributed by atoms with Gasteiger partial charge in [-0.3, -0.25) is 9.59 Å². The van der Waals surface area contributed by atoms with Crippen molar-refractivity contribution in [2.75, 3.05) is 6.54 Å². The number of nitrogens with zero attached hydrogens (tertiary/aromatic N) is 1. The Morgan fingerprint density at radius 2 is 2.06 bits per heavy atom. The van der Waals surface area contributed by atoms with Gasteiger partial charge in [-0.05, 0) is 38.0 Å². The van der Waals surface area contributed by atoms with Gasteiger partial charge in [0.1, 0.15) is 0 Å². The molecule has 2 bridgehead atoms. The van der Waals surface area contributed by atoms with Crippen molar-refractivity contribution < 1.29 is 33.6 Å². The Balaban J connectivity index is 1.18. The molecule has 5 heterocycles. The third-order valence-electron chi connectivity index (χ3n) is 8.17. The van der Waals surface area contributed by atoms with Crippen molar-refractivity contribution in [1.82, 2.24) is 15.3 Å². The van der Waals surface area contributed by atoms with Gasteiger partial charge >= 0.3 is 5.97 Å². The van der Waals surface area contributed by atoms with E-state index in [9.17, 15) is 9.59 Å². The van der Waals surface area contributed by atoms with E-state index in [0.29, 0.717) is 18.9 Å². The minimum Gasteiger partial charge on any atom is -0.435 e. The van der Waals surface area contributed by atoms with Crippen LogP contribution in [-0.4, -0.2) is 52.4 Å². The molecule has 0 radical (unpaired) electrons. The molecule has 1 aliphatic carbocycles. The zero-order valence-corrected chi connectivity index (χ0v) is 20.1. The number of fused-ring (bicyclic) bond motifs is 2. The van der Waals surface area contributed by atoms with Crippen LogP contribution in [0, 0.1) is 23.7 Å². The second kappa shape index (κ2) is 9.22. The number of aromatic amines is 1. The summed E-state index contributed by atoms with van der Waals surface area (Å²) in [6.07, 6.45) is 6.28. The van der Waals surface area contributed by atoms with E-state index in [0.717, 1.165) is 31.4 Å². The molecule has 4 saturated heterocycles. The largest absolute Gasteiger partial charge is 0.435 e. The number of esters is 1. The van der Waals surface area contributed by atoms with Crippen LogP contribution in [0.25, 0.3) is 0 Å². The number of H-pyrrole nitrogens is 1. The van der Waals surface area contributed by atoms with Crippen LogP contribution in [0.1, 0.15) is 65.0 Å².